The lowest BCUT2D eigenvalue weighted by molar-refractivity contribution is 0.0353. The second-order valence-electron chi connectivity index (χ2n) is 10.5. The van der Waals surface area contributed by atoms with Crippen LogP contribution in [-0.4, -0.2) is 68.8 Å². The predicted molar refractivity (Wildman–Crippen MR) is 145 cm³/mol. The minimum Gasteiger partial charge on any atom is -0.493 e. The van der Waals surface area contributed by atoms with Crippen LogP contribution in [0.5, 0.6) is 11.5 Å². The molecule has 1 amide bonds. The number of hydrogen-bond donors (Lipinski definition) is 0. The van der Waals surface area contributed by atoms with Gasteiger partial charge in [-0.2, -0.15) is 0 Å². The largest absolute Gasteiger partial charge is 0.493 e. The highest BCUT2D eigenvalue weighted by Gasteiger charge is 2.42. The van der Waals surface area contributed by atoms with E-state index in [1.807, 2.05) is 18.2 Å². The summed E-state index contributed by atoms with van der Waals surface area (Å²) in [5, 5.41) is 0.113. The number of hydrogen-bond acceptors (Lipinski definition) is 7. The lowest BCUT2D eigenvalue weighted by atomic mass is 9.98. The Morgan fingerprint density at radius 2 is 1.85 bits per heavy atom. The Kier molecular flexibility index (Phi) is 8.18. The SMILES string of the molecule is COc1cc(C2c3c(oc4ccc(F)cc4c3=O)C(=O)N2CCCN2CCOCC2)ccc1OCCC(C)C. The number of halogens is 1. The van der Waals surface area contributed by atoms with E-state index in [0.29, 0.717) is 55.8 Å². The van der Waals surface area contributed by atoms with Crippen molar-refractivity contribution < 1.29 is 27.8 Å². The first-order valence-corrected chi connectivity index (χ1v) is 13.6. The molecule has 0 spiro atoms. The van der Waals surface area contributed by atoms with Crippen LogP contribution >= 0.6 is 0 Å². The summed E-state index contributed by atoms with van der Waals surface area (Å²) in [6.45, 7) is 9.13. The fraction of sp³-hybridized carbons (Fsp3) is 0.467. The van der Waals surface area contributed by atoms with Gasteiger partial charge >= 0.3 is 0 Å². The molecule has 3 heterocycles. The zero-order valence-electron chi connectivity index (χ0n) is 22.7. The van der Waals surface area contributed by atoms with E-state index >= 15 is 0 Å². The molecule has 39 heavy (non-hydrogen) atoms. The Hall–Kier alpha value is -3.43. The first kappa shape index (κ1) is 27.1. The van der Waals surface area contributed by atoms with Crippen LogP contribution in [0.4, 0.5) is 4.39 Å². The number of nitrogens with zero attached hydrogens (tertiary/aromatic N) is 2. The highest BCUT2D eigenvalue weighted by Crippen LogP contribution is 2.41. The Labute approximate surface area is 227 Å². The lowest BCUT2D eigenvalue weighted by Gasteiger charge is -2.29. The van der Waals surface area contributed by atoms with Crippen molar-refractivity contribution in [1.29, 1.82) is 0 Å². The number of benzene rings is 2. The summed E-state index contributed by atoms with van der Waals surface area (Å²) in [5.74, 6) is 0.728. The second-order valence-corrected chi connectivity index (χ2v) is 10.5. The Balaban J connectivity index is 1.51. The summed E-state index contributed by atoms with van der Waals surface area (Å²) >= 11 is 0. The standard InChI is InChI=1S/C30H35FN2O6/c1-19(2)9-14-38-24-7-5-20(17-25(24)36-3)27-26-28(34)22-18-21(31)6-8-23(22)39-29(26)30(35)33(27)11-4-10-32-12-15-37-16-13-32/h5-8,17-19,27H,4,9-16H2,1-3H3. The molecule has 0 saturated carbocycles. The van der Waals surface area contributed by atoms with Crippen LogP contribution in [0.2, 0.25) is 0 Å². The van der Waals surface area contributed by atoms with Crippen molar-refractivity contribution in [3.8, 4) is 11.5 Å². The van der Waals surface area contributed by atoms with Gasteiger partial charge in [-0.15, -0.1) is 0 Å². The second kappa shape index (κ2) is 11.8. The number of carbonyl (C=O) groups excluding carboxylic acids is 1. The van der Waals surface area contributed by atoms with Crippen molar-refractivity contribution in [2.75, 3.05) is 53.1 Å². The van der Waals surface area contributed by atoms with Gasteiger partial charge in [0.15, 0.2) is 16.9 Å². The summed E-state index contributed by atoms with van der Waals surface area (Å²) in [7, 11) is 1.56. The fourth-order valence-corrected chi connectivity index (χ4v) is 5.24. The molecular weight excluding hydrogens is 503 g/mol. The Bertz CT molecular complexity index is 1400. The summed E-state index contributed by atoms with van der Waals surface area (Å²) in [4.78, 5) is 31.4. The Morgan fingerprint density at radius 3 is 2.59 bits per heavy atom. The van der Waals surface area contributed by atoms with Gasteiger partial charge in [-0.1, -0.05) is 19.9 Å². The molecule has 2 aromatic carbocycles. The number of methoxy groups -OCH3 is 1. The van der Waals surface area contributed by atoms with Crippen molar-refractivity contribution in [2.24, 2.45) is 5.92 Å². The molecule has 1 atom stereocenters. The predicted octanol–water partition coefficient (Wildman–Crippen LogP) is 4.63. The fourth-order valence-electron chi connectivity index (χ4n) is 5.24. The number of fused-ring (bicyclic) bond motifs is 2. The summed E-state index contributed by atoms with van der Waals surface area (Å²) in [5.41, 5.74) is 0.703. The summed E-state index contributed by atoms with van der Waals surface area (Å²) in [6.07, 6.45) is 1.61. The smallest absolute Gasteiger partial charge is 0.290 e. The maximum atomic E-state index is 14.1. The maximum Gasteiger partial charge on any atom is 0.290 e. The minimum atomic E-state index is -0.695. The van der Waals surface area contributed by atoms with E-state index in [4.69, 9.17) is 18.6 Å². The van der Waals surface area contributed by atoms with E-state index in [9.17, 15) is 14.0 Å². The van der Waals surface area contributed by atoms with Gasteiger partial charge in [0.05, 0.1) is 43.9 Å². The van der Waals surface area contributed by atoms with E-state index in [0.717, 1.165) is 32.1 Å². The number of rotatable bonds is 10. The van der Waals surface area contributed by atoms with E-state index in [2.05, 4.69) is 18.7 Å². The molecule has 2 aliphatic rings. The van der Waals surface area contributed by atoms with Crippen LogP contribution in [0.15, 0.2) is 45.6 Å². The first-order chi connectivity index (χ1) is 18.9. The van der Waals surface area contributed by atoms with Gasteiger partial charge < -0.3 is 23.5 Å². The lowest BCUT2D eigenvalue weighted by Crippen LogP contribution is -2.38. The molecule has 0 N–H and O–H groups in total. The molecule has 2 aliphatic heterocycles. The zero-order valence-corrected chi connectivity index (χ0v) is 22.7. The molecule has 1 fully saturated rings. The number of ether oxygens (including phenoxy) is 3. The van der Waals surface area contributed by atoms with E-state index < -0.39 is 17.3 Å². The normalized spacial score (nSPS) is 17.7. The molecule has 1 saturated heterocycles. The molecule has 9 heteroatoms. The third kappa shape index (κ3) is 5.65. The molecule has 0 aliphatic carbocycles. The van der Waals surface area contributed by atoms with Gasteiger partial charge in [-0.25, -0.2) is 4.39 Å². The van der Waals surface area contributed by atoms with Crippen molar-refractivity contribution in [3.05, 3.63) is 69.3 Å². The van der Waals surface area contributed by atoms with Gasteiger partial charge in [-0.05, 0) is 54.7 Å². The van der Waals surface area contributed by atoms with Gasteiger partial charge in [0.2, 0.25) is 5.76 Å². The summed E-state index contributed by atoms with van der Waals surface area (Å²) < 4.78 is 37.1. The van der Waals surface area contributed by atoms with E-state index in [1.54, 1.807) is 12.0 Å². The average Bonchev–Trinajstić information content (AvgIpc) is 3.21. The van der Waals surface area contributed by atoms with E-state index in [1.165, 1.54) is 12.1 Å². The van der Waals surface area contributed by atoms with Crippen molar-refractivity contribution in [1.82, 2.24) is 9.80 Å². The van der Waals surface area contributed by atoms with Crippen LogP contribution in [0, 0.1) is 11.7 Å². The average molecular weight is 539 g/mol. The third-order valence-corrected chi connectivity index (χ3v) is 7.36. The number of amides is 1. The molecular formula is C30H35FN2O6. The van der Waals surface area contributed by atoms with Crippen molar-refractivity contribution in [2.45, 2.75) is 32.7 Å². The van der Waals surface area contributed by atoms with E-state index in [-0.39, 0.29) is 28.2 Å². The monoisotopic (exact) mass is 538 g/mol. The van der Waals surface area contributed by atoms with Crippen LogP contribution in [0.3, 0.4) is 0 Å². The molecule has 1 unspecified atom stereocenters. The van der Waals surface area contributed by atoms with Crippen LogP contribution in [0.25, 0.3) is 11.0 Å². The topological polar surface area (TPSA) is 81.5 Å². The number of morpholine rings is 1. The molecule has 1 aromatic heterocycles. The molecule has 0 bridgehead atoms. The van der Waals surface area contributed by atoms with Crippen LogP contribution in [0.1, 0.15) is 54.4 Å². The van der Waals surface area contributed by atoms with Gasteiger partial charge in [-0.3, -0.25) is 14.5 Å². The maximum absolute atomic E-state index is 14.1. The van der Waals surface area contributed by atoms with Gasteiger partial charge in [0, 0.05) is 26.2 Å². The molecule has 0 radical (unpaired) electrons. The van der Waals surface area contributed by atoms with Crippen LogP contribution < -0.4 is 14.9 Å². The first-order valence-electron chi connectivity index (χ1n) is 13.6. The summed E-state index contributed by atoms with van der Waals surface area (Å²) in [6, 6.07) is 8.55. The number of carbonyl (C=O) groups is 1. The van der Waals surface area contributed by atoms with Gasteiger partial charge in [0.1, 0.15) is 11.4 Å². The van der Waals surface area contributed by atoms with Crippen LogP contribution in [-0.2, 0) is 4.74 Å². The molecule has 8 nitrogen and oxygen atoms in total. The molecule has 3 aromatic rings. The molecule has 5 rings (SSSR count). The minimum absolute atomic E-state index is 0.00621. The quantitative estimate of drug-likeness (QED) is 0.372. The highest BCUT2D eigenvalue weighted by molar-refractivity contribution is 5.99. The zero-order chi connectivity index (χ0) is 27.5. The van der Waals surface area contributed by atoms with Crippen molar-refractivity contribution in [3.63, 3.8) is 0 Å². The highest BCUT2D eigenvalue weighted by atomic mass is 19.1. The molecule has 208 valence electrons. The van der Waals surface area contributed by atoms with Gasteiger partial charge in [0.25, 0.3) is 5.91 Å². The Morgan fingerprint density at radius 1 is 1.05 bits per heavy atom. The third-order valence-electron chi connectivity index (χ3n) is 7.36. The van der Waals surface area contributed by atoms with Crippen molar-refractivity contribution >= 4 is 16.9 Å².